The molecule has 0 aromatic heterocycles. The molecule has 0 unspecified atom stereocenters. The maximum absolute atomic E-state index is 5.81. The Hall–Kier alpha value is -0.0800. The van der Waals surface area contributed by atoms with Gasteiger partial charge in [0, 0.05) is 13.2 Å². The molecule has 0 atom stereocenters. The second-order valence-corrected chi connectivity index (χ2v) is 5.84. The van der Waals surface area contributed by atoms with Crippen molar-refractivity contribution < 1.29 is 4.74 Å². The predicted octanol–water partition coefficient (Wildman–Crippen LogP) is 2.97. The van der Waals surface area contributed by atoms with Gasteiger partial charge in [-0.3, -0.25) is 0 Å². The highest BCUT2D eigenvalue weighted by Gasteiger charge is 2.36. The third-order valence-electron chi connectivity index (χ3n) is 3.33. The highest BCUT2D eigenvalue weighted by Crippen LogP contribution is 2.43. The minimum absolute atomic E-state index is 0.0170. The largest absolute Gasteiger partial charge is 0.376 e. The Bertz CT molecular complexity index is 179. The van der Waals surface area contributed by atoms with Gasteiger partial charge in [-0.1, -0.05) is 13.3 Å². The van der Waals surface area contributed by atoms with Crippen molar-refractivity contribution in [3.8, 4) is 0 Å². The summed E-state index contributed by atoms with van der Waals surface area (Å²) in [7, 11) is 0. The summed E-state index contributed by atoms with van der Waals surface area (Å²) >= 11 is 0. The predicted molar refractivity (Wildman–Crippen MR) is 65.1 cm³/mol. The van der Waals surface area contributed by atoms with Crippen molar-refractivity contribution in [3.05, 3.63) is 0 Å². The zero-order valence-electron chi connectivity index (χ0n) is 10.9. The number of hydrogen-bond donors (Lipinski definition) is 1. The smallest absolute Gasteiger partial charge is 0.0598 e. The molecule has 1 fully saturated rings. The van der Waals surface area contributed by atoms with Gasteiger partial charge in [0.15, 0.2) is 0 Å². The summed E-state index contributed by atoms with van der Waals surface area (Å²) in [5.41, 5.74) is 0.574. The molecule has 2 heteroatoms. The Labute approximate surface area is 94.8 Å². The first-order valence-electron chi connectivity index (χ1n) is 6.32. The minimum Gasteiger partial charge on any atom is -0.376 e. The molecule has 0 radical (unpaired) electrons. The van der Waals surface area contributed by atoms with E-state index in [0.717, 1.165) is 13.2 Å². The molecule has 1 saturated carbocycles. The first-order valence-corrected chi connectivity index (χ1v) is 6.32. The van der Waals surface area contributed by atoms with E-state index in [1.54, 1.807) is 0 Å². The van der Waals surface area contributed by atoms with E-state index in [2.05, 4.69) is 33.0 Å². The average Bonchev–Trinajstić information content (AvgIpc) is 2.06. The van der Waals surface area contributed by atoms with Crippen LogP contribution in [0.1, 0.15) is 53.4 Å². The summed E-state index contributed by atoms with van der Waals surface area (Å²) in [6.45, 7) is 11.7. The van der Waals surface area contributed by atoms with Gasteiger partial charge in [0.1, 0.15) is 0 Å². The van der Waals surface area contributed by atoms with Crippen LogP contribution in [0, 0.1) is 5.41 Å². The highest BCUT2D eigenvalue weighted by molar-refractivity contribution is 4.89. The van der Waals surface area contributed by atoms with Crippen molar-refractivity contribution in [1.29, 1.82) is 0 Å². The van der Waals surface area contributed by atoms with Crippen LogP contribution in [-0.2, 0) is 4.74 Å². The van der Waals surface area contributed by atoms with Gasteiger partial charge in [-0.25, -0.2) is 0 Å². The quantitative estimate of drug-likeness (QED) is 0.732. The van der Waals surface area contributed by atoms with Gasteiger partial charge < -0.3 is 10.1 Å². The normalized spacial score (nSPS) is 20.0. The summed E-state index contributed by atoms with van der Waals surface area (Å²) < 4.78 is 5.81. The lowest BCUT2D eigenvalue weighted by molar-refractivity contribution is -0.0309. The number of hydrogen-bond acceptors (Lipinski definition) is 2. The van der Waals surface area contributed by atoms with Crippen LogP contribution in [0.2, 0.25) is 0 Å². The van der Waals surface area contributed by atoms with Crippen molar-refractivity contribution in [2.75, 3.05) is 19.7 Å². The van der Waals surface area contributed by atoms with Crippen molar-refractivity contribution in [2.24, 2.45) is 5.41 Å². The van der Waals surface area contributed by atoms with Gasteiger partial charge in [-0.05, 0) is 52.0 Å². The number of rotatable bonds is 6. The van der Waals surface area contributed by atoms with E-state index < -0.39 is 0 Å². The maximum Gasteiger partial charge on any atom is 0.0598 e. The molecule has 0 saturated heterocycles. The maximum atomic E-state index is 5.81. The SMILES string of the molecule is CCNCC1(CCOC(C)(C)C)CCC1. The molecule has 0 aromatic rings. The average molecular weight is 213 g/mol. The number of nitrogens with one attached hydrogen (secondary N) is 1. The Balaban J connectivity index is 2.22. The summed E-state index contributed by atoms with van der Waals surface area (Å²) in [4.78, 5) is 0. The Morgan fingerprint density at radius 2 is 1.93 bits per heavy atom. The van der Waals surface area contributed by atoms with E-state index in [-0.39, 0.29) is 5.60 Å². The van der Waals surface area contributed by atoms with E-state index in [0.29, 0.717) is 5.41 Å². The van der Waals surface area contributed by atoms with Crippen molar-refractivity contribution in [2.45, 2.75) is 59.0 Å². The first kappa shape index (κ1) is 13.0. The molecule has 1 N–H and O–H groups in total. The summed E-state index contributed by atoms with van der Waals surface area (Å²) in [6, 6.07) is 0. The minimum atomic E-state index is 0.0170. The van der Waals surface area contributed by atoms with Gasteiger partial charge >= 0.3 is 0 Å². The van der Waals surface area contributed by atoms with E-state index in [1.807, 2.05) is 0 Å². The standard InChI is InChI=1S/C13H27NO/c1-5-14-11-13(7-6-8-13)9-10-15-12(2,3)4/h14H,5-11H2,1-4H3. The zero-order chi connectivity index (χ0) is 11.4. The van der Waals surface area contributed by atoms with E-state index in [9.17, 15) is 0 Å². The topological polar surface area (TPSA) is 21.3 Å². The summed E-state index contributed by atoms with van der Waals surface area (Å²) in [6.07, 6.45) is 5.39. The second-order valence-electron chi connectivity index (χ2n) is 5.84. The zero-order valence-corrected chi connectivity index (χ0v) is 10.9. The van der Waals surface area contributed by atoms with Gasteiger partial charge in [0.25, 0.3) is 0 Å². The van der Waals surface area contributed by atoms with Crippen LogP contribution in [0.4, 0.5) is 0 Å². The van der Waals surface area contributed by atoms with Gasteiger partial charge in [0.2, 0.25) is 0 Å². The Morgan fingerprint density at radius 1 is 1.27 bits per heavy atom. The molecular weight excluding hydrogens is 186 g/mol. The van der Waals surface area contributed by atoms with Crippen LogP contribution in [0.3, 0.4) is 0 Å². The van der Waals surface area contributed by atoms with E-state index in [1.165, 1.54) is 32.2 Å². The number of ether oxygens (including phenoxy) is 1. The molecule has 90 valence electrons. The van der Waals surface area contributed by atoms with Crippen molar-refractivity contribution >= 4 is 0 Å². The van der Waals surface area contributed by atoms with Gasteiger partial charge in [-0.2, -0.15) is 0 Å². The second kappa shape index (κ2) is 5.31. The van der Waals surface area contributed by atoms with Crippen LogP contribution in [0.5, 0.6) is 0 Å². The summed E-state index contributed by atoms with van der Waals surface area (Å²) in [5, 5.41) is 3.48. The third kappa shape index (κ3) is 4.52. The lowest BCUT2D eigenvalue weighted by atomic mass is 9.67. The molecule has 0 heterocycles. The van der Waals surface area contributed by atoms with E-state index >= 15 is 0 Å². The van der Waals surface area contributed by atoms with Crippen LogP contribution in [-0.4, -0.2) is 25.3 Å². The van der Waals surface area contributed by atoms with Crippen LogP contribution in [0.25, 0.3) is 0 Å². The molecule has 0 amide bonds. The lowest BCUT2D eigenvalue weighted by Crippen LogP contribution is -2.41. The van der Waals surface area contributed by atoms with Gasteiger partial charge in [0.05, 0.1) is 5.60 Å². The van der Waals surface area contributed by atoms with Gasteiger partial charge in [-0.15, -0.1) is 0 Å². The van der Waals surface area contributed by atoms with Crippen molar-refractivity contribution in [3.63, 3.8) is 0 Å². The van der Waals surface area contributed by atoms with E-state index in [4.69, 9.17) is 4.74 Å². The molecule has 0 bridgehead atoms. The van der Waals surface area contributed by atoms with Crippen LogP contribution >= 0.6 is 0 Å². The molecular formula is C13H27NO. The summed E-state index contributed by atoms with van der Waals surface area (Å²) in [5.74, 6) is 0. The first-order chi connectivity index (χ1) is 6.97. The molecule has 0 aliphatic heterocycles. The Morgan fingerprint density at radius 3 is 2.33 bits per heavy atom. The van der Waals surface area contributed by atoms with Crippen LogP contribution < -0.4 is 5.32 Å². The molecule has 0 aromatic carbocycles. The monoisotopic (exact) mass is 213 g/mol. The lowest BCUT2D eigenvalue weighted by Gasteiger charge is -2.42. The molecule has 0 spiro atoms. The molecule has 1 rings (SSSR count). The molecule has 1 aliphatic carbocycles. The highest BCUT2D eigenvalue weighted by atomic mass is 16.5. The van der Waals surface area contributed by atoms with Crippen molar-refractivity contribution in [1.82, 2.24) is 5.32 Å². The Kier molecular flexibility index (Phi) is 4.60. The molecule has 15 heavy (non-hydrogen) atoms. The fourth-order valence-corrected chi connectivity index (χ4v) is 2.16. The fourth-order valence-electron chi connectivity index (χ4n) is 2.16. The fraction of sp³-hybridized carbons (Fsp3) is 1.00. The van der Waals surface area contributed by atoms with Crippen LogP contribution in [0.15, 0.2) is 0 Å². The third-order valence-corrected chi connectivity index (χ3v) is 3.33. The molecule has 1 aliphatic rings. The molecule has 2 nitrogen and oxygen atoms in total.